The van der Waals surface area contributed by atoms with Crippen LogP contribution >= 0.6 is 24.0 Å². The van der Waals surface area contributed by atoms with Gasteiger partial charge in [0.05, 0.1) is 27.4 Å². The van der Waals surface area contributed by atoms with Gasteiger partial charge in [-0.25, -0.2) is 0 Å². The predicted octanol–water partition coefficient (Wildman–Crippen LogP) is 3.57. The molecule has 1 aliphatic heterocycles. The summed E-state index contributed by atoms with van der Waals surface area (Å²) in [5.41, 5.74) is 1.40. The van der Waals surface area contributed by atoms with Gasteiger partial charge in [0, 0.05) is 30.2 Å². The molecule has 0 bridgehead atoms. The lowest BCUT2D eigenvalue weighted by atomic mass is 10.0. The van der Waals surface area contributed by atoms with E-state index in [1.165, 1.54) is 21.3 Å². The molecule has 3 rings (SSSR count). The minimum Gasteiger partial charge on any atom is -0.493 e. The number of nitrogens with one attached hydrogen (secondary N) is 1. The maximum Gasteiger partial charge on any atom is 0.254 e. The minimum atomic E-state index is -0.154. The number of amides is 1. The number of piperazine rings is 1. The van der Waals surface area contributed by atoms with Gasteiger partial charge >= 0.3 is 0 Å². The van der Waals surface area contributed by atoms with E-state index >= 15 is 0 Å². The lowest BCUT2D eigenvalue weighted by Gasteiger charge is -2.37. The Hall–Kier alpha value is -2.15. The molecule has 1 saturated heterocycles. The molecule has 1 fully saturated rings. The summed E-state index contributed by atoms with van der Waals surface area (Å²) in [4.78, 5) is 15.2. The molecule has 2 aromatic rings. The van der Waals surface area contributed by atoms with E-state index in [4.69, 9.17) is 25.8 Å². The number of hydrogen-bond acceptors (Lipinski definition) is 5. The molecule has 1 aliphatic rings. The monoisotopic (exact) mass is 426 g/mol. The van der Waals surface area contributed by atoms with E-state index in [9.17, 15) is 4.79 Å². The number of carbonyl (C=O) groups is 1. The standard InChI is InChI=1S/C20H23ClN2O4.ClH/c1-25-17-10-13(11-18(26-2)19(17)27-3)20(24)23-9-8-22-12-16(23)14-6-4-5-7-15(14)21;/h4-7,10-11,16,22H,8-9,12H2,1-3H3;1H. The van der Waals surface area contributed by atoms with Gasteiger partial charge in [-0.1, -0.05) is 29.8 Å². The summed E-state index contributed by atoms with van der Waals surface area (Å²) in [6, 6.07) is 10.8. The summed E-state index contributed by atoms with van der Waals surface area (Å²) in [6.45, 7) is 1.93. The van der Waals surface area contributed by atoms with Gasteiger partial charge in [-0.3, -0.25) is 4.79 Å². The molecule has 1 heterocycles. The fraction of sp³-hybridized carbons (Fsp3) is 0.350. The van der Waals surface area contributed by atoms with Gasteiger partial charge in [-0.05, 0) is 23.8 Å². The van der Waals surface area contributed by atoms with Crippen LogP contribution in [0.1, 0.15) is 22.0 Å². The van der Waals surface area contributed by atoms with Crippen LogP contribution in [0.2, 0.25) is 5.02 Å². The summed E-state index contributed by atoms with van der Waals surface area (Å²) >= 11 is 6.39. The van der Waals surface area contributed by atoms with E-state index in [1.54, 1.807) is 12.1 Å². The first-order chi connectivity index (χ1) is 13.1. The number of halogens is 2. The third-order valence-electron chi connectivity index (χ3n) is 4.68. The smallest absolute Gasteiger partial charge is 0.254 e. The van der Waals surface area contributed by atoms with Crippen molar-refractivity contribution in [3.05, 3.63) is 52.5 Å². The zero-order chi connectivity index (χ0) is 19.4. The average molecular weight is 427 g/mol. The Morgan fingerprint density at radius 1 is 1.11 bits per heavy atom. The topological polar surface area (TPSA) is 60.0 Å². The molecule has 0 saturated carbocycles. The third-order valence-corrected chi connectivity index (χ3v) is 5.02. The van der Waals surface area contributed by atoms with Crippen LogP contribution in [0.15, 0.2) is 36.4 Å². The largest absolute Gasteiger partial charge is 0.493 e. The molecule has 8 heteroatoms. The molecule has 0 spiro atoms. The number of nitrogens with zero attached hydrogens (tertiary/aromatic N) is 1. The first kappa shape index (κ1) is 22.1. The molecule has 6 nitrogen and oxygen atoms in total. The average Bonchev–Trinajstić information content (AvgIpc) is 2.72. The highest BCUT2D eigenvalue weighted by Crippen LogP contribution is 2.39. The summed E-state index contributed by atoms with van der Waals surface area (Å²) in [7, 11) is 4.59. The van der Waals surface area contributed by atoms with E-state index in [-0.39, 0.29) is 24.4 Å². The van der Waals surface area contributed by atoms with Crippen LogP contribution in [0.4, 0.5) is 0 Å². The lowest BCUT2D eigenvalue weighted by Crippen LogP contribution is -2.48. The van der Waals surface area contributed by atoms with Crippen LogP contribution < -0.4 is 19.5 Å². The van der Waals surface area contributed by atoms with Crippen molar-refractivity contribution in [3.8, 4) is 17.2 Å². The van der Waals surface area contributed by atoms with E-state index in [0.717, 1.165) is 12.1 Å². The van der Waals surface area contributed by atoms with Crippen LogP contribution in [-0.4, -0.2) is 51.8 Å². The van der Waals surface area contributed by atoms with Gasteiger partial charge in [0.1, 0.15) is 0 Å². The van der Waals surface area contributed by atoms with E-state index < -0.39 is 0 Å². The van der Waals surface area contributed by atoms with Gasteiger partial charge in [-0.15, -0.1) is 12.4 Å². The Morgan fingerprint density at radius 2 is 1.75 bits per heavy atom. The second-order valence-corrected chi connectivity index (χ2v) is 6.56. The predicted molar refractivity (Wildman–Crippen MR) is 111 cm³/mol. The number of benzene rings is 2. The van der Waals surface area contributed by atoms with Crippen molar-refractivity contribution in [2.45, 2.75) is 6.04 Å². The summed E-state index contributed by atoms with van der Waals surface area (Å²) in [5.74, 6) is 1.24. The Kier molecular flexibility index (Phi) is 7.80. The van der Waals surface area contributed by atoms with Gasteiger partial charge in [-0.2, -0.15) is 0 Å². The molecule has 0 aliphatic carbocycles. The van der Waals surface area contributed by atoms with Gasteiger partial charge in [0.15, 0.2) is 11.5 Å². The van der Waals surface area contributed by atoms with Crippen molar-refractivity contribution in [1.82, 2.24) is 10.2 Å². The highest BCUT2D eigenvalue weighted by molar-refractivity contribution is 6.31. The van der Waals surface area contributed by atoms with Gasteiger partial charge in [0.2, 0.25) is 5.75 Å². The molecular weight excluding hydrogens is 403 g/mol. The summed E-state index contributed by atoms with van der Waals surface area (Å²) in [6.07, 6.45) is 0. The van der Waals surface area contributed by atoms with E-state index in [2.05, 4.69) is 5.32 Å². The number of methoxy groups -OCH3 is 3. The van der Waals surface area contributed by atoms with Crippen LogP contribution in [0, 0.1) is 0 Å². The molecule has 1 atom stereocenters. The van der Waals surface area contributed by atoms with Crippen molar-refractivity contribution in [2.75, 3.05) is 41.0 Å². The van der Waals surface area contributed by atoms with Crippen molar-refractivity contribution in [3.63, 3.8) is 0 Å². The minimum absolute atomic E-state index is 0. The van der Waals surface area contributed by atoms with Crippen molar-refractivity contribution < 1.29 is 19.0 Å². The highest BCUT2D eigenvalue weighted by atomic mass is 35.5. The first-order valence-electron chi connectivity index (χ1n) is 8.66. The second kappa shape index (κ2) is 9.87. The molecular formula is C20H24Cl2N2O4. The molecule has 1 unspecified atom stereocenters. The molecule has 1 amide bonds. The van der Waals surface area contributed by atoms with Crippen LogP contribution in [0.3, 0.4) is 0 Å². The van der Waals surface area contributed by atoms with Crippen LogP contribution in [0.5, 0.6) is 17.2 Å². The summed E-state index contributed by atoms with van der Waals surface area (Å²) in [5, 5.41) is 3.99. The second-order valence-electron chi connectivity index (χ2n) is 6.15. The van der Waals surface area contributed by atoms with Crippen molar-refractivity contribution in [2.24, 2.45) is 0 Å². The Morgan fingerprint density at radius 3 is 2.32 bits per heavy atom. The highest BCUT2D eigenvalue weighted by Gasteiger charge is 2.31. The summed E-state index contributed by atoms with van der Waals surface area (Å²) < 4.78 is 16.1. The zero-order valence-corrected chi connectivity index (χ0v) is 17.6. The molecule has 0 radical (unpaired) electrons. The molecule has 28 heavy (non-hydrogen) atoms. The molecule has 2 aromatic carbocycles. The quantitative estimate of drug-likeness (QED) is 0.791. The number of ether oxygens (including phenoxy) is 3. The van der Waals surface area contributed by atoms with Gasteiger partial charge in [0.25, 0.3) is 5.91 Å². The van der Waals surface area contributed by atoms with Crippen molar-refractivity contribution >= 4 is 29.9 Å². The van der Waals surface area contributed by atoms with Crippen LogP contribution in [-0.2, 0) is 0 Å². The Labute approximate surface area is 176 Å². The molecule has 152 valence electrons. The maximum atomic E-state index is 13.3. The molecule has 1 N–H and O–H groups in total. The number of carbonyl (C=O) groups excluding carboxylic acids is 1. The SMILES string of the molecule is COc1cc(C(=O)N2CCNCC2c2ccccc2Cl)cc(OC)c1OC.Cl. The van der Waals surface area contributed by atoms with E-state index in [1.807, 2.05) is 29.2 Å². The maximum absolute atomic E-state index is 13.3. The first-order valence-corrected chi connectivity index (χ1v) is 9.04. The number of rotatable bonds is 5. The molecule has 0 aromatic heterocycles. The normalized spacial score (nSPS) is 16.1. The fourth-order valence-corrected chi connectivity index (χ4v) is 3.60. The Bertz CT molecular complexity index is 807. The number of hydrogen-bond donors (Lipinski definition) is 1. The lowest BCUT2D eigenvalue weighted by molar-refractivity contribution is 0.0633. The van der Waals surface area contributed by atoms with E-state index in [0.29, 0.717) is 40.9 Å². The Balaban J connectivity index is 0.00000280. The van der Waals surface area contributed by atoms with Crippen LogP contribution in [0.25, 0.3) is 0 Å². The fourth-order valence-electron chi connectivity index (χ4n) is 3.34. The van der Waals surface area contributed by atoms with Gasteiger partial charge < -0.3 is 24.4 Å². The third kappa shape index (κ3) is 4.29. The zero-order valence-electron chi connectivity index (χ0n) is 16.0. The van der Waals surface area contributed by atoms with Crippen molar-refractivity contribution in [1.29, 1.82) is 0 Å².